The lowest BCUT2D eigenvalue weighted by Gasteiger charge is -2.28. The van der Waals surface area contributed by atoms with E-state index in [1.165, 1.54) is 98.6 Å². The zero-order valence-electron chi connectivity index (χ0n) is 36.4. The van der Waals surface area contributed by atoms with Crippen LogP contribution in [0.2, 0.25) is 0 Å². The van der Waals surface area contributed by atoms with Crippen LogP contribution in [0.3, 0.4) is 0 Å². The minimum atomic E-state index is -0.882. The van der Waals surface area contributed by atoms with E-state index in [9.17, 15) is 0 Å². The van der Waals surface area contributed by atoms with Gasteiger partial charge in [0.25, 0.3) is 0 Å². The monoisotopic (exact) mass is 808 g/mol. The van der Waals surface area contributed by atoms with Gasteiger partial charge in [-0.15, -0.1) is 0 Å². The van der Waals surface area contributed by atoms with Crippen molar-refractivity contribution in [2.24, 2.45) is 0 Å². The van der Waals surface area contributed by atoms with E-state index in [1.807, 2.05) is 0 Å². The third-order valence-corrected chi connectivity index (χ3v) is 16.7. The molecule has 0 amide bonds. The highest BCUT2D eigenvalue weighted by molar-refractivity contribution is 7.80. The molecule has 0 aliphatic heterocycles. The summed E-state index contributed by atoms with van der Waals surface area (Å²) in [4.78, 5) is 0. The Hall–Kier alpha value is -4.62. The van der Waals surface area contributed by atoms with Crippen LogP contribution in [-0.4, -0.2) is 28.4 Å². The van der Waals surface area contributed by atoms with Crippen molar-refractivity contribution in [3.8, 4) is 23.0 Å². The lowest BCUT2D eigenvalue weighted by molar-refractivity contribution is 0.408. The summed E-state index contributed by atoms with van der Waals surface area (Å²) in [7, 11) is 5.34. The summed E-state index contributed by atoms with van der Waals surface area (Å²) in [6, 6.07) is 33.7. The van der Waals surface area contributed by atoms with Crippen molar-refractivity contribution in [1.29, 1.82) is 0 Å². The molecule has 0 unspecified atom stereocenters. The van der Waals surface area contributed by atoms with Crippen LogP contribution in [0.5, 0.6) is 23.0 Å². The summed E-state index contributed by atoms with van der Waals surface area (Å²) in [5.74, 6) is 3.87. The quantitative estimate of drug-likeness (QED) is 0.129. The van der Waals surface area contributed by atoms with Crippen molar-refractivity contribution in [3.63, 3.8) is 0 Å². The van der Waals surface area contributed by atoms with Gasteiger partial charge in [0.1, 0.15) is 23.0 Å². The van der Waals surface area contributed by atoms with E-state index < -0.39 is 15.8 Å². The van der Waals surface area contributed by atoms with Crippen LogP contribution in [-0.2, 0) is 25.7 Å². The molecule has 0 radical (unpaired) electrons. The van der Waals surface area contributed by atoms with Gasteiger partial charge in [-0.3, -0.25) is 0 Å². The Morgan fingerprint density at radius 2 is 0.569 bits per heavy atom. The second-order valence-corrected chi connectivity index (χ2v) is 20.4. The predicted molar refractivity (Wildman–Crippen MR) is 249 cm³/mol. The summed E-state index contributed by atoms with van der Waals surface area (Å²) >= 11 is 0. The molecule has 0 saturated carbocycles. The normalized spacial score (nSPS) is 12.5. The summed E-state index contributed by atoms with van der Waals surface area (Å²) in [5.41, 5.74) is 15.0. The smallest absolute Gasteiger partial charge is 0.124 e. The Kier molecular flexibility index (Phi) is 12.4. The van der Waals surface area contributed by atoms with E-state index in [4.69, 9.17) is 18.9 Å². The lowest BCUT2D eigenvalue weighted by Crippen LogP contribution is -2.27. The molecule has 300 valence electrons. The average Bonchev–Trinajstić information content (AvgIpc) is 3.16. The van der Waals surface area contributed by atoms with Gasteiger partial charge in [0.2, 0.25) is 0 Å². The molecule has 0 fully saturated rings. The molecule has 0 aromatic heterocycles. The second-order valence-electron chi connectivity index (χ2n) is 16.0. The Labute approximate surface area is 349 Å². The lowest BCUT2D eigenvalue weighted by atomic mass is 9.96. The minimum Gasteiger partial charge on any atom is -0.496 e. The number of hydrogen-bond acceptors (Lipinski definition) is 4. The topological polar surface area (TPSA) is 36.9 Å². The van der Waals surface area contributed by atoms with E-state index in [0.29, 0.717) is 0 Å². The molecule has 10 rings (SSSR count). The van der Waals surface area contributed by atoms with Gasteiger partial charge in [-0.25, -0.2) is 0 Å². The number of hydrogen-bond donors (Lipinski definition) is 0. The Bertz CT molecular complexity index is 2130. The zero-order chi connectivity index (χ0) is 41.4. The highest BCUT2D eigenvalue weighted by Crippen LogP contribution is 2.42. The number of aryl methyl sites for hydroxylation is 12. The number of ether oxygens (including phenoxy) is 4. The highest BCUT2D eigenvalue weighted by Gasteiger charge is 2.27. The molecular weight excluding hydrogens is 751 g/mol. The van der Waals surface area contributed by atoms with Crippen LogP contribution in [0, 0.1) is 55.4 Å². The van der Waals surface area contributed by atoms with Crippen molar-refractivity contribution in [3.05, 3.63) is 152 Å². The molecule has 0 spiro atoms. The molecular formula is C52H58O4P2. The van der Waals surface area contributed by atoms with E-state index in [0.717, 1.165) is 48.7 Å². The number of benzene rings is 6. The van der Waals surface area contributed by atoms with Crippen LogP contribution in [0.15, 0.2) is 84.9 Å². The first kappa shape index (κ1) is 41.5. The molecule has 0 saturated heterocycles. The Morgan fingerprint density at radius 3 is 0.793 bits per heavy atom. The maximum Gasteiger partial charge on any atom is 0.124 e. The summed E-state index contributed by atoms with van der Waals surface area (Å²) in [6.07, 6.45) is 3.81. The van der Waals surface area contributed by atoms with E-state index in [-0.39, 0.29) is 0 Å². The average molecular weight is 809 g/mol. The van der Waals surface area contributed by atoms with Gasteiger partial charge in [0.15, 0.2) is 0 Å². The van der Waals surface area contributed by atoms with Crippen molar-refractivity contribution in [2.45, 2.75) is 81.1 Å². The summed E-state index contributed by atoms with van der Waals surface area (Å²) in [5, 5.41) is 8.31. The van der Waals surface area contributed by atoms with Gasteiger partial charge in [-0.1, -0.05) is 36.4 Å². The summed E-state index contributed by atoms with van der Waals surface area (Å²) in [6.45, 7) is 17.4. The van der Waals surface area contributed by atoms with Gasteiger partial charge in [-0.2, -0.15) is 0 Å². The molecule has 6 heteroatoms. The fourth-order valence-corrected chi connectivity index (χ4v) is 15.1. The van der Waals surface area contributed by atoms with Crippen LogP contribution in [0.1, 0.15) is 66.8 Å². The first-order chi connectivity index (χ1) is 27.8. The van der Waals surface area contributed by atoms with Gasteiger partial charge < -0.3 is 18.9 Å². The van der Waals surface area contributed by atoms with Crippen LogP contribution in [0.25, 0.3) is 0 Å². The molecule has 4 nitrogen and oxygen atoms in total. The largest absolute Gasteiger partial charge is 0.496 e. The van der Waals surface area contributed by atoms with Gasteiger partial charge >= 0.3 is 0 Å². The SMILES string of the molecule is COc1c(C)cc(P(c2cc(C)c(OC)c(C)c2)c2cc3ccc2CCc2ccc(c(P(c4cc(C)c(OC)c(C)c4)c4cc(C)c(OC)c(C)c4)c2)CC3)cc1C. The Balaban J connectivity index is 1.38. The fourth-order valence-electron chi connectivity index (χ4n) is 9.30. The van der Waals surface area contributed by atoms with Crippen LogP contribution in [0.4, 0.5) is 0 Å². The van der Waals surface area contributed by atoms with E-state index in [2.05, 4.69) is 140 Å². The van der Waals surface area contributed by atoms with Gasteiger partial charge in [-0.05, 0) is 244 Å². The molecule has 0 heterocycles. The summed E-state index contributed by atoms with van der Waals surface area (Å²) < 4.78 is 23.4. The van der Waals surface area contributed by atoms with Crippen LogP contribution >= 0.6 is 15.8 Å². The maximum atomic E-state index is 5.85. The molecule has 0 N–H and O–H groups in total. The van der Waals surface area contributed by atoms with Gasteiger partial charge in [0.05, 0.1) is 28.4 Å². The second kappa shape index (κ2) is 17.3. The van der Waals surface area contributed by atoms with E-state index >= 15 is 0 Å². The van der Waals surface area contributed by atoms with Crippen molar-refractivity contribution in [1.82, 2.24) is 0 Å². The zero-order valence-corrected chi connectivity index (χ0v) is 38.2. The standard InChI is InChI=1S/C52H58O4P2/c1-31-21-43(22-32(2)49(31)53-9)57(44-23-33(3)50(54-10)34(4)24-44)47-29-39-13-17-41(47)19-15-40-14-18-42(20-16-39)48(30-40)58(45-25-35(5)51(55-11)36(6)26-45)46-27-37(7)52(56-12)38(8)28-46/h13-14,17-18,21-30H,15-16,19-20H2,1-12H3. The van der Waals surface area contributed by atoms with Crippen molar-refractivity contribution >= 4 is 47.7 Å². The third kappa shape index (κ3) is 8.04. The van der Waals surface area contributed by atoms with E-state index in [1.54, 1.807) is 28.4 Å². The minimum absolute atomic E-state index is 0.882. The molecule has 4 aliphatic rings. The van der Waals surface area contributed by atoms with Crippen molar-refractivity contribution in [2.75, 3.05) is 28.4 Å². The fraction of sp³-hybridized carbons (Fsp3) is 0.308. The number of rotatable bonds is 10. The first-order valence-corrected chi connectivity index (χ1v) is 23.0. The molecule has 58 heavy (non-hydrogen) atoms. The molecule has 6 aromatic rings. The molecule has 4 aliphatic carbocycles. The Morgan fingerprint density at radius 1 is 0.328 bits per heavy atom. The third-order valence-electron chi connectivity index (χ3n) is 11.8. The first-order valence-electron chi connectivity index (χ1n) is 20.3. The van der Waals surface area contributed by atoms with Gasteiger partial charge in [0, 0.05) is 0 Å². The maximum absolute atomic E-state index is 5.85. The molecule has 0 atom stereocenters. The highest BCUT2D eigenvalue weighted by atomic mass is 31.1. The predicted octanol–water partition coefficient (Wildman–Crippen LogP) is 9.59. The van der Waals surface area contributed by atoms with Crippen molar-refractivity contribution < 1.29 is 18.9 Å². The number of methoxy groups -OCH3 is 4. The molecule has 4 bridgehead atoms. The molecule has 6 aromatic carbocycles. The van der Waals surface area contributed by atoms with Crippen LogP contribution < -0.4 is 50.8 Å².